The van der Waals surface area contributed by atoms with E-state index < -0.39 is 7.12 Å². The molecule has 2 aliphatic rings. The molecule has 12 aromatic carbocycles. The zero-order valence-corrected chi connectivity index (χ0v) is 45.8. The van der Waals surface area contributed by atoms with E-state index in [1.807, 2.05) is 78.1 Å². The van der Waals surface area contributed by atoms with Crippen molar-refractivity contribution in [1.82, 2.24) is 0 Å². The summed E-state index contributed by atoms with van der Waals surface area (Å²) in [5.41, 5.74) is 10.1. The van der Waals surface area contributed by atoms with E-state index in [2.05, 4.69) is 246 Å². The highest BCUT2D eigenvalue weighted by atomic mass is 79.9. The molecule has 74 heavy (non-hydrogen) atoms. The second kappa shape index (κ2) is 21.0. The third kappa shape index (κ3) is 9.45. The molecule has 0 unspecified atom stereocenters. The smallest absolute Gasteiger partial charge is 0.423 e. The lowest BCUT2D eigenvalue weighted by Crippen LogP contribution is -2.30. The Morgan fingerprint density at radius 1 is 0.324 bits per heavy atom. The predicted molar refractivity (Wildman–Crippen MR) is 325 cm³/mol. The quantitative estimate of drug-likeness (QED) is 0.135. The Hall–Kier alpha value is -6.60. The molecule has 12 aromatic rings. The van der Waals surface area contributed by atoms with Crippen LogP contribution in [0.3, 0.4) is 0 Å². The molecular formula is C64H42BBr3N2O2S2. The monoisotopic (exact) mass is 1180 g/mol. The van der Waals surface area contributed by atoms with Gasteiger partial charge >= 0.3 is 7.12 Å². The van der Waals surface area contributed by atoms with Crippen molar-refractivity contribution in [2.45, 2.75) is 19.6 Å². The number of benzene rings is 12. The van der Waals surface area contributed by atoms with E-state index in [4.69, 9.17) is 0 Å². The first kappa shape index (κ1) is 48.4. The van der Waals surface area contributed by atoms with Crippen LogP contribution in [-0.4, -0.2) is 17.2 Å². The Balaban J connectivity index is 0.000000122. The van der Waals surface area contributed by atoms with Crippen LogP contribution >= 0.6 is 71.3 Å². The summed E-state index contributed by atoms with van der Waals surface area (Å²) in [5.74, 6) is 0. The average molecular weight is 1190 g/mol. The topological polar surface area (TPSA) is 46.9 Å². The largest absolute Gasteiger partial charge is 0.489 e. The third-order valence-electron chi connectivity index (χ3n) is 13.3. The predicted octanol–water partition coefficient (Wildman–Crippen LogP) is 19.2. The zero-order chi connectivity index (χ0) is 50.3. The number of nitrogens with zero attached hydrogens (tertiary/aromatic N) is 2. The number of anilines is 6. The Morgan fingerprint density at radius 3 is 1.15 bits per heavy atom. The van der Waals surface area contributed by atoms with Crippen molar-refractivity contribution in [2.75, 3.05) is 9.80 Å². The molecule has 10 heteroatoms. The first-order valence-electron chi connectivity index (χ1n) is 24.0. The Morgan fingerprint density at radius 2 is 0.676 bits per heavy atom. The van der Waals surface area contributed by atoms with Crippen LogP contribution in [-0.2, 0) is 0 Å². The molecule has 0 radical (unpaired) electrons. The summed E-state index contributed by atoms with van der Waals surface area (Å²) in [6.07, 6.45) is 0. The minimum Gasteiger partial charge on any atom is -0.423 e. The second-order valence-electron chi connectivity index (χ2n) is 17.9. The van der Waals surface area contributed by atoms with E-state index in [1.54, 1.807) is 0 Å². The van der Waals surface area contributed by atoms with Gasteiger partial charge in [0.1, 0.15) is 0 Å². The molecule has 0 fully saturated rings. The highest BCUT2D eigenvalue weighted by Crippen LogP contribution is 2.53. The van der Waals surface area contributed by atoms with Crippen molar-refractivity contribution in [3.63, 3.8) is 0 Å². The van der Waals surface area contributed by atoms with Gasteiger partial charge in [-0.05, 0) is 151 Å². The summed E-state index contributed by atoms with van der Waals surface area (Å²) in [4.78, 5) is 9.79. The van der Waals surface area contributed by atoms with E-state index in [0.29, 0.717) is 5.46 Å². The van der Waals surface area contributed by atoms with Crippen LogP contribution in [0.1, 0.15) is 0 Å². The number of para-hydroxylation sites is 4. The summed E-state index contributed by atoms with van der Waals surface area (Å²) in [6.45, 7) is 0. The van der Waals surface area contributed by atoms with Gasteiger partial charge in [-0.25, -0.2) is 0 Å². The van der Waals surface area contributed by atoms with Gasteiger partial charge in [0.2, 0.25) is 0 Å². The van der Waals surface area contributed by atoms with Crippen LogP contribution in [0.4, 0.5) is 34.1 Å². The molecule has 356 valence electrons. The fourth-order valence-electron chi connectivity index (χ4n) is 10.1. The van der Waals surface area contributed by atoms with Gasteiger partial charge in [-0.15, -0.1) is 0 Å². The van der Waals surface area contributed by atoms with Crippen molar-refractivity contribution in [2.24, 2.45) is 0 Å². The van der Waals surface area contributed by atoms with Gasteiger partial charge in [0.25, 0.3) is 0 Å². The van der Waals surface area contributed by atoms with Crippen LogP contribution in [0.5, 0.6) is 0 Å². The van der Waals surface area contributed by atoms with E-state index >= 15 is 0 Å². The second-order valence-corrected chi connectivity index (χ2v) is 22.8. The fourth-order valence-corrected chi connectivity index (χ4v) is 13.9. The molecule has 14 rings (SSSR count). The van der Waals surface area contributed by atoms with Gasteiger partial charge in [-0.1, -0.05) is 223 Å². The van der Waals surface area contributed by atoms with Crippen LogP contribution in [0.2, 0.25) is 0 Å². The van der Waals surface area contributed by atoms with Gasteiger partial charge in [0.15, 0.2) is 0 Å². The zero-order valence-electron chi connectivity index (χ0n) is 39.4. The third-order valence-corrected chi connectivity index (χ3v) is 16.9. The van der Waals surface area contributed by atoms with Crippen molar-refractivity contribution in [3.05, 3.63) is 256 Å². The summed E-state index contributed by atoms with van der Waals surface area (Å²) < 4.78 is 3.19. The number of hydrogen-bond donors (Lipinski definition) is 2. The molecule has 0 spiro atoms. The maximum absolute atomic E-state index is 9.44. The summed E-state index contributed by atoms with van der Waals surface area (Å²) >= 11 is 14.7. The Bertz CT molecular complexity index is 4010. The van der Waals surface area contributed by atoms with Crippen LogP contribution in [0, 0.1) is 0 Å². The Labute approximate surface area is 463 Å². The Kier molecular flexibility index (Phi) is 13.7. The van der Waals surface area contributed by atoms with E-state index in [0.717, 1.165) is 46.3 Å². The van der Waals surface area contributed by atoms with Gasteiger partial charge in [0, 0.05) is 44.4 Å². The average Bonchev–Trinajstić information content (AvgIpc) is 3.43. The molecule has 2 aliphatic heterocycles. The van der Waals surface area contributed by atoms with E-state index in [9.17, 15) is 10.0 Å². The minimum atomic E-state index is -1.44. The molecule has 4 nitrogen and oxygen atoms in total. The van der Waals surface area contributed by atoms with Crippen LogP contribution in [0.15, 0.2) is 276 Å². The molecule has 2 N–H and O–H groups in total. The summed E-state index contributed by atoms with van der Waals surface area (Å²) in [7, 11) is -1.44. The molecule has 0 saturated carbocycles. The lowest BCUT2D eigenvalue weighted by molar-refractivity contribution is 0.426. The molecule has 0 saturated heterocycles. The number of rotatable bonds is 4. The first-order valence-corrected chi connectivity index (χ1v) is 28.0. The number of halogens is 3. The first-order chi connectivity index (χ1) is 36.3. The molecule has 0 aromatic heterocycles. The summed E-state index contributed by atoms with van der Waals surface area (Å²) in [5, 5.41) is 28.1. The summed E-state index contributed by atoms with van der Waals surface area (Å²) in [6, 6.07) is 84.8. The fraction of sp³-hybridized carbons (Fsp3) is 0. The van der Waals surface area contributed by atoms with Gasteiger partial charge in [-0.2, -0.15) is 0 Å². The molecule has 0 atom stereocenters. The number of fused-ring (bicyclic) bond motifs is 10. The minimum absolute atomic E-state index is 0.555. The highest BCUT2D eigenvalue weighted by molar-refractivity contribution is 9.11. The maximum Gasteiger partial charge on any atom is 0.489 e. The molecular weight excluding hydrogens is 1140 g/mol. The van der Waals surface area contributed by atoms with Gasteiger partial charge < -0.3 is 19.8 Å². The normalized spacial score (nSPS) is 12.2. The SMILES string of the molecule is Brc1cc(-c2cc3ccccc3c3ccccc23)cc(N2c3ccccc3Sc3ccccc32)c1.Brc1cc(Br)cc(N2c3ccccc3Sc3ccccc32)c1.OB(O)c1cc2ccccc2c2ccccc12. The lowest BCUT2D eigenvalue weighted by Gasteiger charge is -2.33. The van der Waals surface area contributed by atoms with E-state index in [1.165, 1.54) is 75.0 Å². The van der Waals surface area contributed by atoms with Crippen molar-refractivity contribution in [3.8, 4) is 11.1 Å². The van der Waals surface area contributed by atoms with E-state index in [-0.39, 0.29) is 0 Å². The maximum atomic E-state index is 9.44. The molecule has 2 heterocycles. The van der Waals surface area contributed by atoms with Crippen LogP contribution < -0.4 is 15.3 Å². The standard InChI is InChI=1S/C32H20BrNS.C18H11Br2NS.C14H11BO2/c33-23-17-22(28-19-21-9-1-2-10-25(21)26-11-3-4-12-27(26)28)18-24(20-23)34-29-13-5-7-15-31(29)35-32-16-8-6-14-30(32)34;19-12-9-13(20)11-14(10-12)21-15-5-1-3-7-17(15)22-18-8-4-2-6-16(18)21;16-15(17)14-9-10-5-1-2-6-11(10)12-7-3-4-8-13(12)14/h1-20H;1-11H;1-9,16-17H. The molecule has 0 aliphatic carbocycles. The molecule has 0 amide bonds. The van der Waals surface area contributed by atoms with Gasteiger partial charge in [-0.3, -0.25) is 0 Å². The van der Waals surface area contributed by atoms with Crippen LogP contribution in [0.25, 0.3) is 54.2 Å². The lowest BCUT2D eigenvalue weighted by atomic mass is 9.76. The molecule has 0 bridgehead atoms. The highest BCUT2D eigenvalue weighted by Gasteiger charge is 2.27. The van der Waals surface area contributed by atoms with Crippen molar-refractivity contribution < 1.29 is 10.0 Å². The van der Waals surface area contributed by atoms with Crippen molar-refractivity contribution in [1.29, 1.82) is 0 Å². The van der Waals surface area contributed by atoms with Crippen molar-refractivity contribution >= 4 is 161 Å². The number of hydrogen-bond acceptors (Lipinski definition) is 6. The van der Waals surface area contributed by atoms with Gasteiger partial charge in [0.05, 0.1) is 22.7 Å².